The molecule has 4 N–H and O–H groups in total. The first kappa shape index (κ1) is 28.9. The number of aromatic nitrogens is 2. The van der Waals surface area contributed by atoms with Gasteiger partial charge in [0.05, 0.1) is 25.1 Å². The molecule has 0 spiro atoms. The zero-order valence-corrected chi connectivity index (χ0v) is 20.3. The van der Waals surface area contributed by atoms with Crippen LogP contribution in [0.3, 0.4) is 0 Å². The Morgan fingerprint density at radius 3 is 2.33 bits per heavy atom. The number of benzene rings is 1. The molecule has 1 aliphatic heterocycles. The summed E-state index contributed by atoms with van der Waals surface area (Å²) >= 11 is 0. The van der Waals surface area contributed by atoms with Gasteiger partial charge in [-0.05, 0) is 37.5 Å². The molecule has 1 aromatic carbocycles. The van der Waals surface area contributed by atoms with Gasteiger partial charge >= 0.3 is 17.9 Å². The molecule has 0 bridgehead atoms. The molecule has 12 heteroatoms. The van der Waals surface area contributed by atoms with Crippen molar-refractivity contribution in [1.29, 1.82) is 0 Å². The van der Waals surface area contributed by atoms with Gasteiger partial charge in [0, 0.05) is 44.5 Å². The maximum Gasteiger partial charge on any atom is 0.336 e. The maximum atomic E-state index is 13.5. The van der Waals surface area contributed by atoms with Crippen LogP contribution in [-0.4, -0.2) is 77.9 Å². The Morgan fingerprint density at radius 1 is 1.19 bits per heavy atom. The van der Waals surface area contributed by atoms with E-state index in [1.54, 1.807) is 12.1 Å². The number of nitrogens with zero attached hydrogens (tertiary/aromatic N) is 3. The van der Waals surface area contributed by atoms with Gasteiger partial charge in [0.2, 0.25) is 0 Å². The predicted molar refractivity (Wildman–Crippen MR) is 125 cm³/mol. The lowest BCUT2D eigenvalue weighted by molar-refractivity contribution is -0.170. The van der Waals surface area contributed by atoms with Crippen LogP contribution >= 0.6 is 0 Å². The lowest BCUT2D eigenvalue weighted by Crippen LogP contribution is -2.42. The number of aliphatic carboxylic acids is 3. The highest BCUT2D eigenvalue weighted by Gasteiger charge is 2.40. The van der Waals surface area contributed by atoms with Gasteiger partial charge in [-0.3, -0.25) is 19.2 Å². The molecule has 1 aromatic heterocycles. The molecule has 1 saturated heterocycles. The van der Waals surface area contributed by atoms with Gasteiger partial charge in [-0.2, -0.15) is 5.10 Å². The summed E-state index contributed by atoms with van der Waals surface area (Å²) < 4.78 is 21.1. The van der Waals surface area contributed by atoms with Gasteiger partial charge < -0.3 is 25.2 Å². The number of carboxylic acids is 3. The van der Waals surface area contributed by atoms with E-state index < -0.39 is 36.4 Å². The molecule has 2 heterocycles. The molecular formula is C24H32FN3O8. The van der Waals surface area contributed by atoms with Crippen LogP contribution in [0.25, 0.3) is 0 Å². The van der Waals surface area contributed by atoms with Gasteiger partial charge in [-0.25, -0.2) is 9.18 Å². The van der Waals surface area contributed by atoms with Crippen LogP contribution in [0.4, 0.5) is 4.39 Å². The van der Waals surface area contributed by atoms with E-state index in [9.17, 15) is 18.8 Å². The van der Waals surface area contributed by atoms with E-state index in [4.69, 9.17) is 25.2 Å². The van der Waals surface area contributed by atoms with Crippen LogP contribution in [0.1, 0.15) is 42.5 Å². The smallest absolute Gasteiger partial charge is 0.336 e. The monoisotopic (exact) mass is 509 g/mol. The highest BCUT2D eigenvalue weighted by Crippen LogP contribution is 2.19. The number of aliphatic hydroxyl groups is 1. The van der Waals surface area contributed by atoms with Crippen molar-refractivity contribution in [2.45, 2.75) is 57.4 Å². The van der Waals surface area contributed by atoms with E-state index in [1.807, 2.05) is 24.0 Å². The molecule has 0 radical (unpaired) electrons. The number of carbonyl (C=O) groups is 3. The van der Waals surface area contributed by atoms with Crippen LogP contribution in [0.15, 0.2) is 30.5 Å². The average molecular weight is 510 g/mol. The van der Waals surface area contributed by atoms with E-state index in [0.29, 0.717) is 6.54 Å². The fourth-order valence-corrected chi connectivity index (χ4v) is 3.81. The van der Waals surface area contributed by atoms with Gasteiger partial charge in [0.25, 0.3) is 0 Å². The fraction of sp³-hybridized carbons (Fsp3) is 0.500. The second-order valence-electron chi connectivity index (χ2n) is 8.79. The first-order valence-electron chi connectivity index (χ1n) is 11.3. The third-order valence-corrected chi connectivity index (χ3v) is 5.80. The van der Waals surface area contributed by atoms with Crippen molar-refractivity contribution < 1.29 is 43.9 Å². The summed E-state index contributed by atoms with van der Waals surface area (Å²) in [6, 6.07) is 6.84. The molecule has 0 aliphatic carbocycles. The zero-order chi connectivity index (χ0) is 26.9. The minimum absolute atomic E-state index is 0.183. The van der Waals surface area contributed by atoms with Crippen LogP contribution in [0.5, 0.6) is 0 Å². The van der Waals surface area contributed by atoms with Crippen LogP contribution < -0.4 is 0 Å². The number of carboxylic acid groups (broad SMARTS) is 3. The summed E-state index contributed by atoms with van der Waals surface area (Å²) in [6.07, 6.45) is 2.14. The molecular weight excluding hydrogens is 477 g/mol. The summed E-state index contributed by atoms with van der Waals surface area (Å²) in [4.78, 5) is 32.8. The molecule has 1 atom stereocenters. The number of rotatable bonds is 11. The highest BCUT2D eigenvalue weighted by molar-refractivity contribution is 5.88. The predicted octanol–water partition coefficient (Wildman–Crippen LogP) is 1.80. The average Bonchev–Trinajstić information content (AvgIpc) is 3.38. The molecule has 198 valence electrons. The van der Waals surface area contributed by atoms with Gasteiger partial charge in [-0.15, -0.1) is 0 Å². The normalized spacial score (nSPS) is 15.4. The molecule has 0 saturated carbocycles. The van der Waals surface area contributed by atoms with Crippen molar-refractivity contribution in [3.8, 4) is 0 Å². The maximum absolute atomic E-state index is 13.5. The van der Waals surface area contributed by atoms with Crippen molar-refractivity contribution in [1.82, 2.24) is 14.7 Å². The van der Waals surface area contributed by atoms with Crippen molar-refractivity contribution >= 4 is 17.9 Å². The van der Waals surface area contributed by atoms with Crippen molar-refractivity contribution in [2.75, 3.05) is 13.2 Å². The minimum Gasteiger partial charge on any atom is -0.481 e. The zero-order valence-electron chi connectivity index (χ0n) is 20.3. The molecule has 1 unspecified atom stereocenters. The third kappa shape index (κ3) is 9.02. The Bertz CT molecular complexity index is 1040. The summed E-state index contributed by atoms with van der Waals surface area (Å²) in [7, 11) is 1.95. The SMILES string of the molecule is Cc1c(CN(Cc2cccc(F)c2)CC2CCCO2)cnn1C.O=C(O)CC(O)(CC(=O)O)C(=O)O. The molecule has 11 nitrogen and oxygen atoms in total. The lowest BCUT2D eigenvalue weighted by Gasteiger charge is -2.25. The highest BCUT2D eigenvalue weighted by atomic mass is 19.1. The van der Waals surface area contributed by atoms with E-state index in [2.05, 4.69) is 16.9 Å². The van der Waals surface area contributed by atoms with Crippen LogP contribution in [0, 0.1) is 12.7 Å². The standard InChI is InChI=1S/C18H24FN3O.C6H8O7/c1-14-16(10-20-21(14)2)12-22(13-18-7-4-8-23-18)11-15-5-3-6-17(19)9-15;7-3(8)1-6(13,5(11)12)2-4(9)10/h3,5-6,9-10,18H,4,7-8,11-13H2,1-2H3;13H,1-2H2,(H,7,8)(H,9,10)(H,11,12). The van der Waals surface area contributed by atoms with E-state index in [1.165, 1.54) is 17.3 Å². The molecule has 3 rings (SSSR count). The van der Waals surface area contributed by atoms with Crippen LogP contribution in [-0.2, 0) is 39.3 Å². The third-order valence-electron chi connectivity index (χ3n) is 5.80. The van der Waals surface area contributed by atoms with Crippen molar-refractivity contribution in [3.63, 3.8) is 0 Å². The Hall–Kier alpha value is -3.35. The Morgan fingerprint density at radius 2 is 1.86 bits per heavy atom. The number of ether oxygens (including phenoxy) is 1. The second kappa shape index (κ2) is 13.1. The van der Waals surface area contributed by atoms with Gasteiger partial charge in [0.15, 0.2) is 5.60 Å². The molecule has 1 aliphatic rings. The molecule has 36 heavy (non-hydrogen) atoms. The lowest BCUT2D eigenvalue weighted by atomic mass is 9.96. The summed E-state index contributed by atoms with van der Waals surface area (Å²) in [5, 5.41) is 38.1. The fourth-order valence-electron chi connectivity index (χ4n) is 3.81. The van der Waals surface area contributed by atoms with Crippen LogP contribution in [0.2, 0.25) is 0 Å². The van der Waals surface area contributed by atoms with Gasteiger partial charge in [0.1, 0.15) is 5.82 Å². The minimum atomic E-state index is -2.74. The number of hydrogen-bond acceptors (Lipinski definition) is 7. The Kier molecular flexibility index (Phi) is 10.5. The molecule has 0 amide bonds. The summed E-state index contributed by atoms with van der Waals surface area (Å²) in [5.41, 5.74) is 0.630. The first-order chi connectivity index (χ1) is 16.9. The van der Waals surface area contributed by atoms with Crippen molar-refractivity contribution in [2.24, 2.45) is 7.05 Å². The van der Waals surface area contributed by atoms with E-state index in [0.717, 1.165) is 38.1 Å². The topological polar surface area (TPSA) is 162 Å². The Balaban J connectivity index is 0.000000302. The van der Waals surface area contributed by atoms with E-state index >= 15 is 0 Å². The van der Waals surface area contributed by atoms with Crippen molar-refractivity contribution in [3.05, 3.63) is 53.1 Å². The Labute approximate surface area is 207 Å². The second-order valence-corrected chi connectivity index (χ2v) is 8.79. The molecule has 2 aromatic rings. The number of aryl methyl sites for hydroxylation is 1. The number of halogens is 1. The quantitative estimate of drug-likeness (QED) is 0.351. The number of hydrogen-bond donors (Lipinski definition) is 4. The van der Waals surface area contributed by atoms with Gasteiger partial charge in [-0.1, -0.05) is 12.1 Å². The molecule has 1 fully saturated rings. The summed E-state index contributed by atoms with van der Waals surface area (Å²) in [5.74, 6) is -5.20. The van der Waals surface area contributed by atoms with E-state index in [-0.39, 0.29) is 11.9 Å². The first-order valence-corrected chi connectivity index (χ1v) is 11.3. The summed E-state index contributed by atoms with van der Waals surface area (Å²) in [6.45, 7) is 5.31. The largest absolute Gasteiger partial charge is 0.481 e.